The third kappa shape index (κ3) is 4.71. The SMILES string of the molecule is NCc1ccccc1OCC(=O)NCC1CCS(=O)(=O)C1. The van der Waals surface area contributed by atoms with Gasteiger partial charge in [0.05, 0.1) is 11.5 Å². The highest BCUT2D eigenvalue weighted by Crippen LogP contribution is 2.18. The third-order valence-corrected chi connectivity index (χ3v) is 5.30. The van der Waals surface area contributed by atoms with Gasteiger partial charge in [-0.2, -0.15) is 0 Å². The summed E-state index contributed by atoms with van der Waals surface area (Å²) in [5.41, 5.74) is 6.43. The molecule has 0 spiro atoms. The molecule has 0 saturated carbocycles. The van der Waals surface area contributed by atoms with Gasteiger partial charge in [0, 0.05) is 18.7 Å². The Balaban J connectivity index is 1.75. The number of amides is 1. The molecular weight excluding hydrogens is 292 g/mol. The van der Waals surface area contributed by atoms with Gasteiger partial charge in [-0.3, -0.25) is 4.79 Å². The van der Waals surface area contributed by atoms with E-state index in [1.165, 1.54) is 0 Å². The average Bonchev–Trinajstić information content (AvgIpc) is 2.82. The second kappa shape index (κ2) is 6.91. The maximum Gasteiger partial charge on any atom is 0.257 e. The summed E-state index contributed by atoms with van der Waals surface area (Å²) in [6.45, 7) is 0.619. The Hall–Kier alpha value is -1.60. The Bertz CT molecular complexity index is 601. The fourth-order valence-electron chi connectivity index (χ4n) is 2.30. The molecule has 1 saturated heterocycles. The molecule has 2 rings (SSSR count). The van der Waals surface area contributed by atoms with Crippen molar-refractivity contribution in [1.29, 1.82) is 0 Å². The Labute approximate surface area is 124 Å². The molecule has 0 aliphatic carbocycles. The number of ether oxygens (including phenoxy) is 1. The van der Waals surface area contributed by atoms with Gasteiger partial charge in [-0.25, -0.2) is 8.42 Å². The van der Waals surface area contributed by atoms with E-state index in [9.17, 15) is 13.2 Å². The fourth-order valence-corrected chi connectivity index (χ4v) is 4.16. The number of hydrogen-bond donors (Lipinski definition) is 2. The number of carbonyl (C=O) groups is 1. The lowest BCUT2D eigenvalue weighted by Gasteiger charge is -2.12. The van der Waals surface area contributed by atoms with Gasteiger partial charge >= 0.3 is 0 Å². The molecule has 1 aliphatic heterocycles. The van der Waals surface area contributed by atoms with Crippen molar-refractivity contribution in [3.63, 3.8) is 0 Å². The smallest absolute Gasteiger partial charge is 0.257 e. The second-order valence-electron chi connectivity index (χ2n) is 5.17. The van der Waals surface area contributed by atoms with E-state index in [0.29, 0.717) is 25.3 Å². The predicted octanol–water partition coefficient (Wildman–Crippen LogP) is 0.0750. The number of benzene rings is 1. The van der Waals surface area contributed by atoms with Crippen molar-refractivity contribution in [2.45, 2.75) is 13.0 Å². The van der Waals surface area contributed by atoms with Crippen LogP contribution in [0, 0.1) is 5.92 Å². The quantitative estimate of drug-likeness (QED) is 0.775. The van der Waals surface area contributed by atoms with E-state index < -0.39 is 9.84 Å². The maximum absolute atomic E-state index is 11.7. The van der Waals surface area contributed by atoms with Crippen LogP contribution in [0.1, 0.15) is 12.0 Å². The van der Waals surface area contributed by atoms with Crippen LogP contribution in [-0.4, -0.2) is 39.0 Å². The summed E-state index contributed by atoms with van der Waals surface area (Å²) in [6, 6.07) is 7.28. The van der Waals surface area contributed by atoms with E-state index in [4.69, 9.17) is 10.5 Å². The molecule has 1 aliphatic rings. The van der Waals surface area contributed by atoms with Gasteiger partial charge in [-0.05, 0) is 18.4 Å². The molecule has 6 nitrogen and oxygen atoms in total. The maximum atomic E-state index is 11.7. The summed E-state index contributed by atoms with van der Waals surface area (Å²) in [5.74, 6) is 0.720. The molecule has 1 unspecified atom stereocenters. The molecule has 7 heteroatoms. The van der Waals surface area contributed by atoms with E-state index in [-0.39, 0.29) is 29.9 Å². The van der Waals surface area contributed by atoms with E-state index in [1.807, 2.05) is 18.2 Å². The van der Waals surface area contributed by atoms with Gasteiger partial charge < -0.3 is 15.8 Å². The molecule has 1 heterocycles. The molecule has 1 aromatic rings. The lowest BCUT2D eigenvalue weighted by Crippen LogP contribution is -2.33. The first kappa shape index (κ1) is 15.8. The molecular formula is C14H20N2O4S. The molecule has 0 bridgehead atoms. The van der Waals surface area contributed by atoms with Crippen molar-refractivity contribution >= 4 is 15.7 Å². The number of sulfone groups is 1. The summed E-state index contributed by atoms with van der Waals surface area (Å²) in [4.78, 5) is 11.7. The minimum atomic E-state index is -2.90. The number of para-hydroxylation sites is 1. The van der Waals surface area contributed by atoms with Gasteiger partial charge in [0.25, 0.3) is 5.91 Å². The Morgan fingerprint density at radius 1 is 1.38 bits per heavy atom. The Morgan fingerprint density at radius 2 is 2.14 bits per heavy atom. The predicted molar refractivity (Wildman–Crippen MR) is 79.6 cm³/mol. The first-order chi connectivity index (χ1) is 10.00. The van der Waals surface area contributed by atoms with Crippen LogP contribution in [0.25, 0.3) is 0 Å². The average molecular weight is 312 g/mol. The van der Waals surface area contributed by atoms with Gasteiger partial charge in [0.1, 0.15) is 5.75 Å². The van der Waals surface area contributed by atoms with Crippen molar-refractivity contribution < 1.29 is 17.9 Å². The summed E-state index contributed by atoms with van der Waals surface area (Å²) >= 11 is 0. The first-order valence-electron chi connectivity index (χ1n) is 6.88. The fraction of sp³-hybridized carbons (Fsp3) is 0.500. The number of hydrogen-bond acceptors (Lipinski definition) is 5. The second-order valence-corrected chi connectivity index (χ2v) is 7.40. The van der Waals surface area contributed by atoms with Crippen molar-refractivity contribution in [2.24, 2.45) is 11.7 Å². The summed E-state index contributed by atoms with van der Waals surface area (Å²) < 4.78 is 28.1. The van der Waals surface area contributed by atoms with Crippen LogP contribution in [0.3, 0.4) is 0 Å². The van der Waals surface area contributed by atoms with Gasteiger partial charge in [-0.1, -0.05) is 18.2 Å². The zero-order chi connectivity index (χ0) is 15.3. The normalized spacial score (nSPS) is 20.1. The van der Waals surface area contributed by atoms with Crippen LogP contribution in [-0.2, 0) is 21.2 Å². The molecule has 0 radical (unpaired) electrons. The minimum absolute atomic E-state index is 0.00952. The Morgan fingerprint density at radius 3 is 2.81 bits per heavy atom. The Kier molecular flexibility index (Phi) is 5.19. The zero-order valence-corrected chi connectivity index (χ0v) is 12.6. The lowest BCUT2D eigenvalue weighted by atomic mass is 10.1. The largest absolute Gasteiger partial charge is 0.483 e. The van der Waals surface area contributed by atoms with E-state index >= 15 is 0 Å². The van der Waals surface area contributed by atoms with E-state index in [1.54, 1.807) is 6.07 Å². The van der Waals surface area contributed by atoms with Crippen LogP contribution in [0.4, 0.5) is 0 Å². The van der Waals surface area contributed by atoms with Gasteiger partial charge in [0.15, 0.2) is 16.4 Å². The van der Waals surface area contributed by atoms with E-state index in [2.05, 4.69) is 5.32 Å². The minimum Gasteiger partial charge on any atom is -0.483 e. The topological polar surface area (TPSA) is 98.5 Å². The highest BCUT2D eigenvalue weighted by atomic mass is 32.2. The van der Waals surface area contributed by atoms with Crippen molar-refractivity contribution in [3.05, 3.63) is 29.8 Å². The molecule has 3 N–H and O–H groups in total. The first-order valence-corrected chi connectivity index (χ1v) is 8.70. The van der Waals surface area contributed by atoms with Crippen LogP contribution in [0.2, 0.25) is 0 Å². The summed E-state index contributed by atoms with van der Waals surface area (Å²) in [5, 5.41) is 2.71. The standard InChI is InChI=1S/C14H20N2O4S/c15-7-12-3-1-2-4-13(12)20-9-14(17)16-8-11-5-6-21(18,19)10-11/h1-4,11H,5-10,15H2,(H,16,17). The van der Waals surface area contributed by atoms with Crippen molar-refractivity contribution in [1.82, 2.24) is 5.32 Å². The van der Waals surface area contributed by atoms with Crippen LogP contribution >= 0.6 is 0 Å². The van der Waals surface area contributed by atoms with Crippen LogP contribution in [0.5, 0.6) is 5.75 Å². The molecule has 1 amide bonds. The lowest BCUT2D eigenvalue weighted by molar-refractivity contribution is -0.123. The van der Waals surface area contributed by atoms with E-state index in [0.717, 1.165) is 5.56 Å². The summed E-state index contributed by atoms with van der Waals surface area (Å²) in [6.07, 6.45) is 0.611. The molecule has 0 aromatic heterocycles. The van der Waals surface area contributed by atoms with Crippen LogP contribution in [0.15, 0.2) is 24.3 Å². The van der Waals surface area contributed by atoms with Crippen LogP contribution < -0.4 is 15.8 Å². The molecule has 21 heavy (non-hydrogen) atoms. The molecule has 1 atom stereocenters. The molecule has 1 fully saturated rings. The highest BCUT2D eigenvalue weighted by molar-refractivity contribution is 7.91. The number of rotatable bonds is 6. The molecule has 1 aromatic carbocycles. The summed E-state index contributed by atoms with van der Waals surface area (Å²) in [7, 11) is -2.90. The van der Waals surface area contributed by atoms with Gasteiger partial charge in [-0.15, -0.1) is 0 Å². The monoisotopic (exact) mass is 312 g/mol. The number of nitrogens with two attached hydrogens (primary N) is 1. The van der Waals surface area contributed by atoms with Crippen molar-refractivity contribution in [3.8, 4) is 5.75 Å². The zero-order valence-electron chi connectivity index (χ0n) is 11.7. The number of carbonyl (C=O) groups excluding carboxylic acids is 1. The number of nitrogens with one attached hydrogen (secondary N) is 1. The highest BCUT2D eigenvalue weighted by Gasteiger charge is 2.27. The van der Waals surface area contributed by atoms with Gasteiger partial charge in [0.2, 0.25) is 0 Å². The third-order valence-electron chi connectivity index (χ3n) is 3.47. The van der Waals surface area contributed by atoms with Crippen molar-refractivity contribution in [2.75, 3.05) is 24.7 Å². The molecule has 116 valence electrons.